The number of alkyl carbamates (subject to hydrolysis) is 1. The minimum absolute atomic E-state index is 0.283. The number of hydrogen-bond donors (Lipinski definition) is 3. The van der Waals surface area contributed by atoms with Gasteiger partial charge in [0.25, 0.3) is 0 Å². The van der Waals surface area contributed by atoms with Crippen LogP contribution in [0.4, 0.5) is 4.79 Å². The minimum atomic E-state index is -1.02. The van der Waals surface area contributed by atoms with Crippen molar-refractivity contribution < 1.29 is 19.4 Å². The molecule has 118 valence electrons. The smallest absolute Gasteiger partial charge is 0.407 e. The number of unbranched alkanes of at least 4 members (excludes halogenated alkanes) is 1. The number of hydrogen-bond acceptors (Lipinski definition) is 5. The highest BCUT2D eigenvalue weighted by Crippen LogP contribution is 2.25. The molecule has 0 unspecified atom stereocenters. The molecule has 0 aliphatic heterocycles. The third kappa shape index (κ3) is 6.33. The monoisotopic (exact) mass is 299 g/mol. The molecule has 1 aliphatic rings. The van der Waals surface area contributed by atoms with Crippen molar-refractivity contribution in [3.8, 4) is 0 Å². The second-order valence-corrected chi connectivity index (χ2v) is 5.01. The van der Waals surface area contributed by atoms with Crippen LogP contribution in [-0.2, 0) is 9.53 Å². The van der Waals surface area contributed by atoms with Crippen molar-refractivity contribution in [1.29, 1.82) is 0 Å². The number of carboxylic acid groups (broad SMARTS) is 1. The van der Waals surface area contributed by atoms with Gasteiger partial charge in [0.1, 0.15) is 12.1 Å². The first-order valence-electron chi connectivity index (χ1n) is 7.01. The standard InChI is InChI=1S/C12H21N5O4/c13-8(11(18)19)4-1-2-7-15-12(20)21-10-6-3-5-9(10)16-17-14/h8-10H,1-7,13H2,(H,15,20)(H,18,19)/t8-,9+,10+/m0/s1. The molecule has 1 aliphatic carbocycles. The van der Waals surface area contributed by atoms with Gasteiger partial charge in [0.15, 0.2) is 0 Å². The van der Waals surface area contributed by atoms with E-state index in [0.717, 1.165) is 12.8 Å². The summed E-state index contributed by atoms with van der Waals surface area (Å²) in [6, 6.07) is -1.14. The van der Waals surface area contributed by atoms with E-state index in [2.05, 4.69) is 15.3 Å². The highest BCUT2D eigenvalue weighted by atomic mass is 16.6. The highest BCUT2D eigenvalue weighted by molar-refractivity contribution is 5.72. The van der Waals surface area contributed by atoms with Crippen LogP contribution in [0, 0.1) is 0 Å². The number of amides is 1. The minimum Gasteiger partial charge on any atom is -0.480 e. The molecular formula is C12H21N5O4. The summed E-state index contributed by atoms with van der Waals surface area (Å²) in [6.07, 6.45) is 3.00. The van der Waals surface area contributed by atoms with Gasteiger partial charge in [-0.05, 0) is 44.1 Å². The average molecular weight is 299 g/mol. The Morgan fingerprint density at radius 3 is 2.90 bits per heavy atom. The maximum atomic E-state index is 11.6. The van der Waals surface area contributed by atoms with Crippen LogP contribution in [0.5, 0.6) is 0 Å². The molecule has 9 nitrogen and oxygen atoms in total. The quantitative estimate of drug-likeness (QED) is 0.268. The number of ether oxygens (including phenoxy) is 1. The van der Waals surface area contributed by atoms with Crippen molar-refractivity contribution >= 4 is 12.1 Å². The van der Waals surface area contributed by atoms with Crippen LogP contribution in [0.25, 0.3) is 10.4 Å². The molecule has 3 atom stereocenters. The molecule has 4 N–H and O–H groups in total. The van der Waals surface area contributed by atoms with Gasteiger partial charge in [-0.1, -0.05) is 5.11 Å². The molecule has 1 fully saturated rings. The lowest BCUT2D eigenvalue weighted by molar-refractivity contribution is -0.138. The molecule has 21 heavy (non-hydrogen) atoms. The number of azide groups is 1. The first kappa shape index (κ1) is 17.1. The maximum Gasteiger partial charge on any atom is 0.407 e. The summed E-state index contributed by atoms with van der Waals surface area (Å²) in [5, 5.41) is 14.8. The Kier molecular flexibility index (Phi) is 7.34. The van der Waals surface area contributed by atoms with Crippen LogP contribution in [0.1, 0.15) is 38.5 Å². The predicted octanol–water partition coefficient (Wildman–Crippen LogP) is 1.53. The van der Waals surface area contributed by atoms with Gasteiger partial charge in [-0.25, -0.2) is 4.79 Å². The van der Waals surface area contributed by atoms with Crippen molar-refractivity contribution in [2.45, 2.75) is 56.7 Å². The summed E-state index contributed by atoms with van der Waals surface area (Å²) in [5.41, 5.74) is 13.8. The first-order valence-corrected chi connectivity index (χ1v) is 7.01. The highest BCUT2D eigenvalue weighted by Gasteiger charge is 2.29. The Balaban J connectivity index is 2.14. The molecule has 1 saturated carbocycles. The van der Waals surface area contributed by atoms with Crippen LogP contribution in [0.2, 0.25) is 0 Å². The number of nitrogens with one attached hydrogen (secondary N) is 1. The van der Waals surface area contributed by atoms with Crippen molar-refractivity contribution in [3.05, 3.63) is 10.4 Å². The predicted molar refractivity (Wildman–Crippen MR) is 74.5 cm³/mol. The lowest BCUT2D eigenvalue weighted by Gasteiger charge is -2.16. The second-order valence-electron chi connectivity index (χ2n) is 5.01. The van der Waals surface area contributed by atoms with Gasteiger partial charge in [0.05, 0.1) is 6.04 Å². The van der Waals surface area contributed by atoms with Gasteiger partial charge in [-0.3, -0.25) is 4.79 Å². The molecule has 1 amide bonds. The van der Waals surface area contributed by atoms with Crippen LogP contribution >= 0.6 is 0 Å². The van der Waals surface area contributed by atoms with E-state index in [4.69, 9.17) is 21.1 Å². The van der Waals surface area contributed by atoms with E-state index >= 15 is 0 Å². The zero-order valence-electron chi connectivity index (χ0n) is 11.8. The van der Waals surface area contributed by atoms with Crippen molar-refractivity contribution in [2.75, 3.05) is 6.54 Å². The second kappa shape index (κ2) is 9.04. The number of nitrogens with two attached hydrogens (primary N) is 1. The third-order valence-corrected chi connectivity index (χ3v) is 3.40. The number of carbonyl (C=O) groups is 2. The third-order valence-electron chi connectivity index (χ3n) is 3.40. The van der Waals surface area contributed by atoms with Gasteiger partial charge in [-0.2, -0.15) is 0 Å². The zero-order valence-corrected chi connectivity index (χ0v) is 11.8. The molecular weight excluding hydrogens is 278 g/mol. The Labute approximate surface area is 122 Å². The van der Waals surface area contributed by atoms with E-state index < -0.39 is 18.1 Å². The van der Waals surface area contributed by atoms with Crippen molar-refractivity contribution in [1.82, 2.24) is 5.32 Å². The largest absolute Gasteiger partial charge is 0.480 e. The molecule has 1 rings (SSSR count). The van der Waals surface area contributed by atoms with Gasteiger partial charge in [0.2, 0.25) is 0 Å². The lowest BCUT2D eigenvalue weighted by atomic mass is 10.1. The Morgan fingerprint density at radius 2 is 2.24 bits per heavy atom. The number of aliphatic carboxylic acids is 1. The maximum absolute atomic E-state index is 11.6. The van der Waals surface area contributed by atoms with E-state index in [0.29, 0.717) is 32.2 Å². The van der Waals surface area contributed by atoms with E-state index in [9.17, 15) is 9.59 Å². The van der Waals surface area contributed by atoms with Gasteiger partial charge in [-0.15, -0.1) is 0 Å². The Morgan fingerprint density at radius 1 is 1.48 bits per heavy atom. The summed E-state index contributed by atoms with van der Waals surface area (Å²) in [5.74, 6) is -1.02. The average Bonchev–Trinajstić information content (AvgIpc) is 2.85. The molecule has 0 bridgehead atoms. The van der Waals surface area contributed by atoms with Crippen molar-refractivity contribution in [3.63, 3.8) is 0 Å². The molecule has 0 aromatic heterocycles. The molecule has 0 radical (unpaired) electrons. The molecule has 0 aromatic carbocycles. The van der Waals surface area contributed by atoms with E-state index in [1.54, 1.807) is 0 Å². The Bertz CT molecular complexity index is 410. The van der Waals surface area contributed by atoms with E-state index in [1.165, 1.54) is 0 Å². The van der Waals surface area contributed by atoms with Gasteiger partial charge < -0.3 is 20.9 Å². The Hall–Kier alpha value is -1.99. The SMILES string of the molecule is [N-]=[N+]=N[C@@H]1CCC[C@H]1OC(=O)NCCCC[C@H](N)C(=O)O. The summed E-state index contributed by atoms with van der Waals surface area (Å²) in [4.78, 5) is 24.8. The number of rotatable bonds is 8. The number of nitrogens with zero attached hydrogens (tertiary/aromatic N) is 3. The fourth-order valence-corrected chi connectivity index (χ4v) is 2.22. The molecule has 9 heteroatoms. The van der Waals surface area contributed by atoms with Gasteiger partial charge in [0, 0.05) is 11.5 Å². The van der Waals surface area contributed by atoms with Crippen LogP contribution < -0.4 is 11.1 Å². The zero-order chi connectivity index (χ0) is 15.7. The van der Waals surface area contributed by atoms with Crippen LogP contribution in [0.15, 0.2) is 5.11 Å². The van der Waals surface area contributed by atoms with Crippen molar-refractivity contribution in [2.24, 2.45) is 10.8 Å². The van der Waals surface area contributed by atoms with Crippen LogP contribution in [-0.4, -0.2) is 41.9 Å². The van der Waals surface area contributed by atoms with E-state index in [-0.39, 0.29) is 12.1 Å². The van der Waals surface area contributed by atoms with E-state index in [1.807, 2.05) is 0 Å². The fourth-order valence-electron chi connectivity index (χ4n) is 2.22. The van der Waals surface area contributed by atoms with Crippen LogP contribution in [0.3, 0.4) is 0 Å². The summed E-state index contributed by atoms with van der Waals surface area (Å²) < 4.78 is 5.21. The normalized spacial score (nSPS) is 22.1. The summed E-state index contributed by atoms with van der Waals surface area (Å²) >= 11 is 0. The molecule has 0 saturated heterocycles. The summed E-state index contributed by atoms with van der Waals surface area (Å²) in [7, 11) is 0. The van der Waals surface area contributed by atoms with Gasteiger partial charge >= 0.3 is 12.1 Å². The lowest BCUT2D eigenvalue weighted by Crippen LogP contribution is -2.33. The topological polar surface area (TPSA) is 150 Å². The first-order chi connectivity index (χ1) is 10.0. The molecule has 0 heterocycles. The number of carboxylic acids is 1. The molecule has 0 spiro atoms. The molecule has 0 aromatic rings. The number of carbonyl (C=O) groups excluding carboxylic acids is 1. The fraction of sp³-hybridized carbons (Fsp3) is 0.833. The summed E-state index contributed by atoms with van der Waals surface area (Å²) in [6.45, 7) is 0.393.